The minimum absolute atomic E-state index is 0.318. The van der Waals surface area contributed by atoms with Crippen molar-refractivity contribution in [2.24, 2.45) is 0 Å². The molecular formula is C25H35N3O. The normalized spacial score (nSPS) is 12.5. The molecule has 156 valence electrons. The quantitative estimate of drug-likeness (QED) is 0.375. The van der Waals surface area contributed by atoms with Crippen LogP contribution in [0.2, 0.25) is 0 Å². The number of aryl methyl sites for hydroxylation is 1. The molecular weight excluding hydrogens is 358 g/mol. The van der Waals surface area contributed by atoms with Crippen LogP contribution in [0, 0.1) is 6.92 Å². The number of fused-ring (bicyclic) bond motifs is 1. The van der Waals surface area contributed by atoms with E-state index in [4.69, 9.17) is 0 Å². The standard InChI is InChI=1S/C25H35N3O/c1-3-4-5-6-7-8-9-10-13-22(29)19-21-17-16-20(2)18-25(21)28-26-23-14-11-12-15-24(23)27-28/h11-12,14-18,22,29H,3-10,13,19H2,1-2H3. The van der Waals surface area contributed by atoms with Crippen LogP contribution in [-0.2, 0) is 6.42 Å². The maximum Gasteiger partial charge on any atom is 0.113 e. The Balaban J connectivity index is 1.55. The summed E-state index contributed by atoms with van der Waals surface area (Å²) in [6, 6.07) is 14.2. The number of hydrogen-bond donors (Lipinski definition) is 1. The number of aromatic nitrogens is 3. The van der Waals surface area contributed by atoms with E-state index in [0.717, 1.165) is 35.1 Å². The van der Waals surface area contributed by atoms with Crippen LogP contribution >= 0.6 is 0 Å². The topological polar surface area (TPSA) is 50.9 Å². The summed E-state index contributed by atoms with van der Waals surface area (Å²) < 4.78 is 0. The lowest BCUT2D eigenvalue weighted by molar-refractivity contribution is 0.160. The molecule has 0 aliphatic heterocycles. The Morgan fingerprint density at radius 1 is 0.862 bits per heavy atom. The largest absolute Gasteiger partial charge is 0.393 e. The van der Waals surface area contributed by atoms with Crippen molar-refractivity contribution in [2.75, 3.05) is 0 Å². The van der Waals surface area contributed by atoms with Gasteiger partial charge < -0.3 is 5.11 Å². The van der Waals surface area contributed by atoms with Gasteiger partial charge >= 0.3 is 0 Å². The fraction of sp³-hybridized carbons (Fsp3) is 0.520. The fourth-order valence-corrected chi connectivity index (χ4v) is 3.87. The third-order valence-electron chi connectivity index (χ3n) is 5.59. The highest BCUT2D eigenvalue weighted by Gasteiger charge is 2.13. The molecule has 0 amide bonds. The Labute approximate surface area is 175 Å². The van der Waals surface area contributed by atoms with E-state index in [1.165, 1.54) is 50.5 Å². The van der Waals surface area contributed by atoms with Crippen LogP contribution in [0.15, 0.2) is 42.5 Å². The van der Waals surface area contributed by atoms with Gasteiger partial charge in [-0.15, -0.1) is 10.2 Å². The summed E-state index contributed by atoms with van der Waals surface area (Å²) in [4.78, 5) is 1.72. The second-order valence-corrected chi connectivity index (χ2v) is 8.23. The van der Waals surface area contributed by atoms with Crippen LogP contribution in [0.4, 0.5) is 0 Å². The first-order chi connectivity index (χ1) is 14.2. The van der Waals surface area contributed by atoms with Crippen LogP contribution < -0.4 is 0 Å². The van der Waals surface area contributed by atoms with E-state index in [9.17, 15) is 5.11 Å². The molecule has 0 bridgehead atoms. The van der Waals surface area contributed by atoms with Crippen LogP contribution in [0.1, 0.15) is 75.8 Å². The van der Waals surface area contributed by atoms with E-state index in [1.807, 2.05) is 24.3 Å². The Bertz CT molecular complexity index is 854. The maximum atomic E-state index is 10.6. The van der Waals surface area contributed by atoms with Crippen molar-refractivity contribution in [1.82, 2.24) is 15.0 Å². The van der Waals surface area contributed by atoms with Gasteiger partial charge in [0.2, 0.25) is 0 Å². The van der Waals surface area contributed by atoms with Gasteiger partial charge in [0.25, 0.3) is 0 Å². The smallest absolute Gasteiger partial charge is 0.113 e. The molecule has 4 heteroatoms. The molecule has 3 aromatic rings. The summed E-state index contributed by atoms with van der Waals surface area (Å²) in [5.74, 6) is 0. The molecule has 29 heavy (non-hydrogen) atoms. The lowest BCUT2D eigenvalue weighted by Gasteiger charge is -2.14. The van der Waals surface area contributed by atoms with Crippen molar-refractivity contribution in [2.45, 2.75) is 84.2 Å². The summed E-state index contributed by atoms with van der Waals surface area (Å²) >= 11 is 0. The van der Waals surface area contributed by atoms with Crippen molar-refractivity contribution < 1.29 is 5.11 Å². The molecule has 0 fully saturated rings. The first-order valence-electron chi connectivity index (χ1n) is 11.3. The molecule has 0 saturated carbocycles. The number of aliphatic hydroxyl groups excluding tert-OH is 1. The van der Waals surface area contributed by atoms with Gasteiger partial charge in [-0.3, -0.25) is 0 Å². The SMILES string of the molecule is CCCCCCCCCCC(O)Cc1ccc(C)cc1-n1nc2ccccc2n1. The Kier molecular flexibility index (Phi) is 8.24. The maximum absolute atomic E-state index is 10.6. The molecule has 0 aliphatic carbocycles. The monoisotopic (exact) mass is 393 g/mol. The first kappa shape index (κ1) is 21.5. The number of unbranched alkanes of at least 4 members (excludes halogenated alkanes) is 7. The highest BCUT2D eigenvalue weighted by molar-refractivity contribution is 5.73. The van der Waals surface area contributed by atoms with Gasteiger partial charge in [-0.25, -0.2) is 0 Å². The minimum Gasteiger partial charge on any atom is -0.393 e. The summed E-state index contributed by atoms with van der Waals surface area (Å²) in [5.41, 5.74) is 5.01. The number of hydrogen-bond acceptors (Lipinski definition) is 3. The average molecular weight is 394 g/mol. The zero-order valence-electron chi connectivity index (χ0n) is 18.0. The van der Waals surface area contributed by atoms with Gasteiger partial charge in [-0.1, -0.05) is 82.6 Å². The van der Waals surface area contributed by atoms with Crippen molar-refractivity contribution in [1.29, 1.82) is 0 Å². The highest BCUT2D eigenvalue weighted by Crippen LogP contribution is 2.21. The van der Waals surface area contributed by atoms with Crippen LogP contribution in [0.3, 0.4) is 0 Å². The zero-order valence-corrected chi connectivity index (χ0v) is 18.0. The van der Waals surface area contributed by atoms with Gasteiger partial charge in [0, 0.05) is 6.42 Å². The molecule has 4 nitrogen and oxygen atoms in total. The third kappa shape index (κ3) is 6.40. The molecule has 1 atom stereocenters. The molecule has 1 aromatic heterocycles. The van der Waals surface area contributed by atoms with Gasteiger partial charge in [0.05, 0.1) is 11.8 Å². The van der Waals surface area contributed by atoms with Crippen LogP contribution in [0.25, 0.3) is 16.7 Å². The van der Waals surface area contributed by atoms with E-state index in [1.54, 1.807) is 4.80 Å². The minimum atomic E-state index is -0.318. The lowest BCUT2D eigenvalue weighted by Crippen LogP contribution is -2.13. The molecule has 1 N–H and O–H groups in total. The van der Waals surface area contributed by atoms with E-state index in [-0.39, 0.29) is 6.10 Å². The van der Waals surface area contributed by atoms with Gasteiger partial charge in [0.15, 0.2) is 0 Å². The van der Waals surface area contributed by atoms with Crippen LogP contribution in [0.5, 0.6) is 0 Å². The molecule has 3 rings (SSSR count). The van der Waals surface area contributed by atoms with E-state index >= 15 is 0 Å². The summed E-state index contributed by atoms with van der Waals surface area (Å²) in [6.07, 6.45) is 11.5. The fourth-order valence-electron chi connectivity index (χ4n) is 3.87. The van der Waals surface area contributed by atoms with Crippen molar-refractivity contribution in [3.8, 4) is 5.69 Å². The third-order valence-corrected chi connectivity index (χ3v) is 5.59. The lowest BCUT2D eigenvalue weighted by atomic mass is 9.99. The Morgan fingerprint density at radius 3 is 2.14 bits per heavy atom. The molecule has 1 unspecified atom stereocenters. The van der Waals surface area contributed by atoms with Gasteiger partial charge in [-0.05, 0) is 42.7 Å². The average Bonchev–Trinajstić information content (AvgIpc) is 3.15. The van der Waals surface area contributed by atoms with Crippen LogP contribution in [-0.4, -0.2) is 26.2 Å². The number of nitrogens with zero attached hydrogens (tertiary/aromatic N) is 3. The molecule has 0 spiro atoms. The second kappa shape index (κ2) is 11.1. The molecule has 1 heterocycles. The van der Waals surface area contributed by atoms with Crippen molar-refractivity contribution >= 4 is 11.0 Å². The summed E-state index contributed by atoms with van der Waals surface area (Å²) in [7, 11) is 0. The Morgan fingerprint density at radius 2 is 1.48 bits per heavy atom. The van der Waals surface area contributed by atoms with Gasteiger partial charge in [-0.2, -0.15) is 4.80 Å². The second-order valence-electron chi connectivity index (χ2n) is 8.23. The number of benzene rings is 2. The van der Waals surface area contributed by atoms with Crippen molar-refractivity contribution in [3.05, 3.63) is 53.6 Å². The highest BCUT2D eigenvalue weighted by atomic mass is 16.3. The molecule has 0 radical (unpaired) electrons. The van der Waals surface area contributed by atoms with Gasteiger partial charge in [0.1, 0.15) is 11.0 Å². The van der Waals surface area contributed by atoms with Crippen molar-refractivity contribution in [3.63, 3.8) is 0 Å². The Hall–Kier alpha value is -2.20. The van der Waals surface area contributed by atoms with E-state index < -0.39 is 0 Å². The summed E-state index contributed by atoms with van der Waals surface area (Å²) in [6.45, 7) is 4.33. The number of rotatable bonds is 12. The zero-order chi connectivity index (χ0) is 20.5. The van der Waals surface area contributed by atoms with E-state index in [0.29, 0.717) is 6.42 Å². The molecule has 2 aromatic carbocycles. The van der Waals surface area contributed by atoms with E-state index in [2.05, 4.69) is 42.2 Å². The predicted octanol–water partition coefficient (Wildman–Crippen LogP) is 6.16. The predicted molar refractivity (Wildman–Crippen MR) is 121 cm³/mol. The first-order valence-corrected chi connectivity index (χ1v) is 11.3. The summed E-state index contributed by atoms with van der Waals surface area (Å²) in [5, 5.41) is 19.9. The molecule has 0 saturated heterocycles. The molecule has 0 aliphatic rings. The number of aliphatic hydroxyl groups is 1.